The standard InChI is InChI=1S/C15H18ClN3O3S/c1-2-19(13-6-7-23(20,21)10-13)9-14-17-18-15(22-14)11-4-3-5-12(16)8-11/h3-5,8,13H,2,6-7,9-10H2,1H3. The molecule has 3 rings (SSSR count). The molecule has 0 N–H and O–H groups in total. The quantitative estimate of drug-likeness (QED) is 0.819. The van der Waals surface area contributed by atoms with E-state index < -0.39 is 9.84 Å². The summed E-state index contributed by atoms with van der Waals surface area (Å²) in [5, 5.41) is 8.72. The van der Waals surface area contributed by atoms with Crippen molar-refractivity contribution in [2.75, 3.05) is 18.1 Å². The van der Waals surface area contributed by atoms with Gasteiger partial charge in [0.1, 0.15) is 0 Å². The summed E-state index contributed by atoms with van der Waals surface area (Å²) in [7, 11) is -2.91. The van der Waals surface area contributed by atoms with Crippen molar-refractivity contribution in [3.63, 3.8) is 0 Å². The Morgan fingerprint density at radius 3 is 2.87 bits per heavy atom. The van der Waals surface area contributed by atoms with Gasteiger partial charge in [-0.25, -0.2) is 8.42 Å². The number of rotatable bonds is 5. The van der Waals surface area contributed by atoms with Crippen molar-refractivity contribution >= 4 is 21.4 Å². The molecule has 0 amide bonds. The minimum atomic E-state index is -2.91. The number of hydrogen-bond acceptors (Lipinski definition) is 6. The van der Waals surface area contributed by atoms with Crippen LogP contribution in [0.5, 0.6) is 0 Å². The predicted molar refractivity (Wildman–Crippen MR) is 87.9 cm³/mol. The van der Waals surface area contributed by atoms with Gasteiger partial charge in [0.15, 0.2) is 9.84 Å². The van der Waals surface area contributed by atoms with Crippen LogP contribution in [0.4, 0.5) is 0 Å². The van der Waals surface area contributed by atoms with E-state index in [1.54, 1.807) is 12.1 Å². The summed E-state index contributed by atoms with van der Waals surface area (Å²) >= 11 is 5.97. The number of benzene rings is 1. The van der Waals surface area contributed by atoms with Crippen molar-refractivity contribution in [1.82, 2.24) is 15.1 Å². The molecule has 0 aliphatic carbocycles. The Morgan fingerprint density at radius 1 is 1.39 bits per heavy atom. The van der Waals surface area contributed by atoms with Crippen LogP contribution < -0.4 is 0 Å². The van der Waals surface area contributed by atoms with Gasteiger partial charge in [0.05, 0.1) is 18.1 Å². The van der Waals surface area contributed by atoms with Crippen LogP contribution in [-0.2, 0) is 16.4 Å². The Hall–Kier alpha value is -1.44. The van der Waals surface area contributed by atoms with Crippen molar-refractivity contribution in [1.29, 1.82) is 0 Å². The minimum absolute atomic E-state index is 0.0199. The maximum Gasteiger partial charge on any atom is 0.247 e. The van der Waals surface area contributed by atoms with Crippen LogP contribution in [0.15, 0.2) is 28.7 Å². The molecule has 1 atom stereocenters. The molecule has 0 radical (unpaired) electrons. The Balaban J connectivity index is 1.73. The Bertz CT molecular complexity index is 791. The molecule has 1 aliphatic heterocycles. The van der Waals surface area contributed by atoms with Crippen LogP contribution in [-0.4, -0.2) is 47.6 Å². The van der Waals surface area contributed by atoms with Crippen LogP contribution >= 0.6 is 11.6 Å². The molecule has 0 bridgehead atoms. The molecule has 1 aromatic carbocycles. The second-order valence-electron chi connectivity index (χ2n) is 5.63. The molecule has 0 saturated carbocycles. The van der Waals surface area contributed by atoms with E-state index in [4.69, 9.17) is 16.0 Å². The van der Waals surface area contributed by atoms with Gasteiger partial charge >= 0.3 is 0 Å². The molecular formula is C15H18ClN3O3S. The summed E-state index contributed by atoms with van der Waals surface area (Å²) in [6.07, 6.45) is 0.658. The van der Waals surface area contributed by atoms with Crippen LogP contribution in [0.2, 0.25) is 5.02 Å². The first kappa shape index (κ1) is 16.4. The second kappa shape index (κ2) is 6.59. The Kier molecular flexibility index (Phi) is 4.70. The third-order valence-corrected chi connectivity index (χ3v) is 5.99. The zero-order valence-corrected chi connectivity index (χ0v) is 14.3. The molecule has 23 heavy (non-hydrogen) atoms. The van der Waals surface area contributed by atoms with E-state index in [0.29, 0.717) is 29.8 Å². The van der Waals surface area contributed by atoms with Crippen LogP contribution in [0.25, 0.3) is 11.5 Å². The van der Waals surface area contributed by atoms with Gasteiger partial charge < -0.3 is 4.42 Å². The summed E-state index contributed by atoms with van der Waals surface area (Å²) in [5.74, 6) is 1.35. The van der Waals surface area contributed by atoms with E-state index in [9.17, 15) is 8.42 Å². The van der Waals surface area contributed by atoms with E-state index in [1.807, 2.05) is 19.1 Å². The Labute approximate surface area is 140 Å². The van der Waals surface area contributed by atoms with E-state index >= 15 is 0 Å². The van der Waals surface area contributed by atoms with E-state index in [1.165, 1.54) is 0 Å². The normalized spacial score (nSPS) is 20.2. The highest BCUT2D eigenvalue weighted by molar-refractivity contribution is 7.91. The zero-order valence-electron chi connectivity index (χ0n) is 12.8. The van der Waals surface area contributed by atoms with Gasteiger partial charge in [-0.15, -0.1) is 10.2 Å². The van der Waals surface area contributed by atoms with E-state index in [-0.39, 0.29) is 17.5 Å². The monoisotopic (exact) mass is 355 g/mol. The molecular weight excluding hydrogens is 338 g/mol. The lowest BCUT2D eigenvalue weighted by Gasteiger charge is -2.24. The fourth-order valence-electron chi connectivity index (χ4n) is 2.79. The number of halogens is 1. The maximum absolute atomic E-state index is 11.6. The molecule has 124 valence electrons. The first-order valence-electron chi connectivity index (χ1n) is 7.49. The van der Waals surface area contributed by atoms with Gasteiger partial charge in [-0.1, -0.05) is 24.6 Å². The third kappa shape index (κ3) is 3.91. The summed E-state index contributed by atoms with van der Waals surface area (Å²) in [4.78, 5) is 2.07. The Morgan fingerprint density at radius 2 is 2.22 bits per heavy atom. The highest BCUT2D eigenvalue weighted by Crippen LogP contribution is 2.23. The van der Waals surface area contributed by atoms with Gasteiger partial charge in [0, 0.05) is 16.6 Å². The van der Waals surface area contributed by atoms with Gasteiger partial charge in [-0.2, -0.15) is 0 Å². The van der Waals surface area contributed by atoms with Crippen molar-refractivity contribution in [2.24, 2.45) is 0 Å². The van der Waals surface area contributed by atoms with E-state index in [2.05, 4.69) is 15.1 Å². The van der Waals surface area contributed by atoms with Gasteiger partial charge in [-0.05, 0) is 31.2 Å². The molecule has 6 nitrogen and oxygen atoms in total. The molecule has 1 unspecified atom stereocenters. The highest BCUT2D eigenvalue weighted by atomic mass is 35.5. The average molecular weight is 356 g/mol. The average Bonchev–Trinajstić information content (AvgIpc) is 3.11. The zero-order chi connectivity index (χ0) is 16.4. The smallest absolute Gasteiger partial charge is 0.247 e. The molecule has 1 saturated heterocycles. The largest absolute Gasteiger partial charge is 0.419 e. The van der Waals surface area contributed by atoms with Crippen molar-refractivity contribution in [3.8, 4) is 11.5 Å². The van der Waals surface area contributed by atoms with Gasteiger partial charge in [-0.3, -0.25) is 4.90 Å². The molecule has 8 heteroatoms. The molecule has 1 aliphatic rings. The maximum atomic E-state index is 11.6. The van der Waals surface area contributed by atoms with Gasteiger partial charge in [0.2, 0.25) is 11.8 Å². The topological polar surface area (TPSA) is 76.3 Å². The molecule has 1 fully saturated rings. The summed E-state index contributed by atoms with van der Waals surface area (Å²) in [6.45, 7) is 3.18. The fraction of sp³-hybridized carbons (Fsp3) is 0.467. The first-order chi connectivity index (χ1) is 11.0. The summed E-state index contributed by atoms with van der Waals surface area (Å²) < 4.78 is 29.0. The lowest BCUT2D eigenvalue weighted by atomic mass is 10.2. The van der Waals surface area contributed by atoms with Crippen LogP contribution in [0.1, 0.15) is 19.2 Å². The van der Waals surface area contributed by atoms with Crippen molar-refractivity contribution in [2.45, 2.75) is 25.9 Å². The molecule has 1 aromatic heterocycles. The lowest BCUT2D eigenvalue weighted by molar-refractivity contribution is 0.195. The number of nitrogens with zero attached hydrogens (tertiary/aromatic N) is 3. The van der Waals surface area contributed by atoms with Gasteiger partial charge in [0.25, 0.3) is 0 Å². The lowest BCUT2D eigenvalue weighted by Crippen LogP contribution is -2.35. The third-order valence-electron chi connectivity index (χ3n) is 4.01. The van der Waals surface area contributed by atoms with Crippen molar-refractivity contribution in [3.05, 3.63) is 35.2 Å². The molecule has 2 heterocycles. The molecule has 2 aromatic rings. The van der Waals surface area contributed by atoms with Crippen LogP contribution in [0.3, 0.4) is 0 Å². The molecule has 0 spiro atoms. The fourth-order valence-corrected chi connectivity index (χ4v) is 4.74. The summed E-state index contributed by atoms with van der Waals surface area (Å²) in [6, 6.07) is 7.24. The number of sulfone groups is 1. The summed E-state index contributed by atoms with van der Waals surface area (Å²) in [5.41, 5.74) is 0.766. The number of hydrogen-bond donors (Lipinski definition) is 0. The SMILES string of the molecule is CCN(Cc1nnc(-c2cccc(Cl)c2)o1)C1CCS(=O)(=O)C1. The minimum Gasteiger partial charge on any atom is -0.419 e. The van der Waals surface area contributed by atoms with E-state index in [0.717, 1.165) is 12.1 Å². The second-order valence-corrected chi connectivity index (χ2v) is 8.30. The number of aromatic nitrogens is 2. The van der Waals surface area contributed by atoms with Crippen LogP contribution in [0, 0.1) is 0 Å². The van der Waals surface area contributed by atoms with Crippen molar-refractivity contribution < 1.29 is 12.8 Å². The highest BCUT2D eigenvalue weighted by Gasteiger charge is 2.32. The first-order valence-corrected chi connectivity index (χ1v) is 9.69. The predicted octanol–water partition coefficient (Wildman–Crippen LogP) is 2.40.